The first-order chi connectivity index (χ1) is 21.0. The lowest BCUT2D eigenvalue weighted by atomic mass is 10.0. The van der Waals surface area contributed by atoms with Crippen molar-refractivity contribution in [2.24, 2.45) is 0 Å². The number of methoxy groups -OCH3 is 1. The minimum absolute atomic E-state index is 0.0308. The molecule has 44 heavy (non-hydrogen) atoms. The summed E-state index contributed by atoms with van der Waals surface area (Å²) in [5.74, 6) is 0.750. The van der Waals surface area contributed by atoms with Gasteiger partial charge in [-0.15, -0.1) is 5.73 Å². The number of aromatic hydroxyl groups is 1. The molecule has 0 heterocycles. The molecule has 0 saturated heterocycles. The lowest BCUT2D eigenvalue weighted by Gasteiger charge is -2.43. The van der Waals surface area contributed by atoms with Gasteiger partial charge in [0, 0.05) is 22.9 Å². The predicted octanol–water partition coefficient (Wildman–Crippen LogP) is 7.37. The van der Waals surface area contributed by atoms with Gasteiger partial charge in [-0.25, -0.2) is 0 Å². The van der Waals surface area contributed by atoms with Crippen molar-refractivity contribution in [3.05, 3.63) is 136 Å². The maximum Gasteiger partial charge on any atom is 0.261 e. The van der Waals surface area contributed by atoms with Crippen LogP contribution in [0.25, 0.3) is 0 Å². The van der Waals surface area contributed by atoms with Crippen LogP contribution < -0.4 is 15.1 Å². The number of benzene rings is 4. The average molecular weight is 674 g/mol. The van der Waals surface area contributed by atoms with Crippen molar-refractivity contribution in [1.29, 1.82) is 0 Å². The Morgan fingerprint density at radius 3 is 2.00 bits per heavy atom. The zero-order chi connectivity index (χ0) is 31.7. The second-order valence-corrected chi connectivity index (χ2v) is 17.1. The third-order valence-corrected chi connectivity index (χ3v) is 13.3. The molecular formula is C37H41BrO5Si. The molecule has 0 amide bonds. The molecule has 5 nitrogen and oxygen atoms in total. The Balaban J connectivity index is 1.71. The number of rotatable bonds is 12. The molecule has 0 aliphatic heterocycles. The lowest BCUT2D eigenvalue weighted by molar-refractivity contribution is 0.172. The van der Waals surface area contributed by atoms with Crippen LogP contribution in [0.1, 0.15) is 56.9 Å². The highest BCUT2D eigenvalue weighted by atomic mass is 79.9. The summed E-state index contributed by atoms with van der Waals surface area (Å²) in [4.78, 5) is 0. The van der Waals surface area contributed by atoms with Crippen LogP contribution in [0.2, 0.25) is 5.04 Å². The first-order valence-electron chi connectivity index (χ1n) is 14.7. The van der Waals surface area contributed by atoms with Crippen LogP contribution in [0.4, 0.5) is 0 Å². The fourth-order valence-electron chi connectivity index (χ4n) is 5.53. The Bertz CT molecular complexity index is 1520. The largest absolute Gasteiger partial charge is 0.508 e. The van der Waals surface area contributed by atoms with Gasteiger partial charge in [0.2, 0.25) is 0 Å². The lowest BCUT2D eigenvalue weighted by Crippen LogP contribution is -2.66. The standard InChI is InChI=1S/C37H41BrO5Si/c1-37(2,3)44(31-13-7-5-8-14-31,32-15-9-6-10-16-32)43-26-27(24-36(41)28-18-21-30(42-4)22-19-28)12-11-17-34(39)33-25-29(38)20-23-35(33)40/h5-11,13-16,18-23,25,34,36,39-41H,17,24,26H2,1-4H3/t12?,34-,36-/m1/s1. The van der Waals surface area contributed by atoms with Crippen LogP contribution in [0, 0.1) is 0 Å². The molecule has 230 valence electrons. The maximum absolute atomic E-state index is 11.3. The van der Waals surface area contributed by atoms with Crippen LogP contribution in [-0.2, 0) is 4.43 Å². The van der Waals surface area contributed by atoms with E-state index in [1.54, 1.807) is 31.4 Å². The second kappa shape index (κ2) is 15.0. The molecule has 0 radical (unpaired) electrons. The molecular weight excluding hydrogens is 632 g/mol. The summed E-state index contributed by atoms with van der Waals surface area (Å²) >= 11 is 3.41. The first-order valence-corrected chi connectivity index (χ1v) is 17.4. The second-order valence-electron chi connectivity index (χ2n) is 11.9. The number of halogens is 1. The monoisotopic (exact) mass is 672 g/mol. The van der Waals surface area contributed by atoms with Gasteiger partial charge in [0.1, 0.15) is 11.5 Å². The van der Waals surface area contributed by atoms with Gasteiger partial charge in [0.15, 0.2) is 0 Å². The maximum atomic E-state index is 11.3. The summed E-state index contributed by atoms with van der Waals surface area (Å²) in [6.45, 7) is 6.93. The fourth-order valence-corrected chi connectivity index (χ4v) is 10.5. The molecule has 0 bridgehead atoms. The van der Waals surface area contributed by atoms with Crippen LogP contribution >= 0.6 is 15.9 Å². The van der Waals surface area contributed by atoms with E-state index in [-0.39, 0.29) is 23.8 Å². The van der Waals surface area contributed by atoms with Crippen molar-refractivity contribution < 1.29 is 24.5 Å². The molecule has 7 heteroatoms. The molecule has 0 fully saturated rings. The number of ether oxygens (including phenoxy) is 1. The van der Waals surface area contributed by atoms with E-state index in [2.05, 4.69) is 91.0 Å². The highest BCUT2D eigenvalue weighted by Crippen LogP contribution is 2.37. The van der Waals surface area contributed by atoms with Gasteiger partial charge in [-0.3, -0.25) is 0 Å². The smallest absolute Gasteiger partial charge is 0.261 e. The van der Waals surface area contributed by atoms with Crippen molar-refractivity contribution in [2.75, 3.05) is 13.7 Å². The summed E-state index contributed by atoms with van der Waals surface area (Å²) in [5, 5.41) is 34.5. The van der Waals surface area contributed by atoms with E-state index in [1.807, 2.05) is 36.4 Å². The Hall–Kier alpha value is -3.42. The Kier molecular flexibility index (Phi) is 11.4. The number of phenols is 1. The minimum atomic E-state index is -2.84. The molecule has 0 unspecified atom stereocenters. The van der Waals surface area contributed by atoms with E-state index in [0.717, 1.165) is 21.4 Å². The van der Waals surface area contributed by atoms with Crippen molar-refractivity contribution >= 4 is 34.6 Å². The van der Waals surface area contributed by atoms with E-state index >= 15 is 0 Å². The minimum Gasteiger partial charge on any atom is -0.508 e. The first kappa shape index (κ1) is 33.5. The highest BCUT2D eigenvalue weighted by Gasteiger charge is 2.50. The normalized spacial score (nSPS) is 13.1. The van der Waals surface area contributed by atoms with Gasteiger partial charge >= 0.3 is 0 Å². The Morgan fingerprint density at radius 1 is 0.864 bits per heavy atom. The van der Waals surface area contributed by atoms with Crippen LogP contribution in [0.15, 0.2) is 125 Å². The number of aliphatic hydroxyl groups is 2. The molecule has 0 aliphatic carbocycles. The van der Waals surface area contributed by atoms with Crippen molar-refractivity contribution in [2.45, 2.75) is 50.9 Å². The summed E-state index contributed by atoms with van der Waals surface area (Å²) < 4.78 is 13.2. The number of aliphatic hydroxyl groups excluding tert-OH is 2. The zero-order valence-corrected chi connectivity index (χ0v) is 28.3. The van der Waals surface area contributed by atoms with Crippen molar-refractivity contribution in [3.8, 4) is 11.5 Å². The Labute approximate surface area is 270 Å². The predicted molar refractivity (Wildman–Crippen MR) is 183 cm³/mol. The highest BCUT2D eigenvalue weighted by molar-refractivity contribution is 9.10. The fraction of sp³-hybridized carbons (Fsp3) is 0.270. The van der Waals surface area contributed by atoms with Crippen LogP contribution in [-0.4, -0.2) is 37.4 Å². The van der Waals surface area contributed by atoms with E-state index in [4.69, 9.17) is 9.16 Å². The zero-order valence-electron chi connectivity index (χ0n) is 25.7. The molecule has 4 rings (SSSR count). The molecule has 4 aromatic rings. The molecule has 0 spiro atoms. The molecule has 3 N–H and O–H groups in total. The summed E-state index contributed by atoms with van der Waals surface area (Å²) in [6, 6.07) is 33.2. The van der Waals surface area contributed by atoms with Gasteiger partial charge < -0.3 is 24.5 Å². The molecule has 0 saturated carbocycles. The molecule has 4 aromatic carbocycles. The number of hydrogen-bond acceptors (Lipinski definition) is 5. The summed E-state index contributed by atoms with van der Waals surface area (Å²) in [5.41, 5.74) is 5.32. The van der Waals surface area contributed by atoms with E-state index in [9.17, 15) is 15.3 Å². The quantitative estimate of drug-likeness (QED) is 0.108. The number of phenolic OH excluding ortho intramolecular Hbond substituents is 1. The van der Waals surface area contributed by atoms with Gasteiger partial charge in [0.25, 0.3) is 8.32 Å². The summed E-state index contributed by atoms with van der Waals surface area (Å²) in [7, 11) is -1.23. The van der Waals surface area contributed by atoms with Crippen molar-refractivity contribution in [1.82, 2.24) is 0 Å². The van der Waals surface area contributed by atoms with Crippen molar-refractivity contribution in [3.63, 3.8) is 0 Å². The average Bonchev–Trinajstić information content (AvgIpc) is 3.02. The van der Waals surface area contributed by atoms with Crippen LogP contribution in [0.3, 0.4) is 0 Å². The van der Waals surface area contributed by atoms with Gasteiger partial charge in [-0.1, -0.05) is 109 Å². The molecule has 0 aromatic heterocycles. The van der Waals surface area contributed by atoms with E-state index in [1.165, 1.54) is 10.4 Å². The van der Waals surface area contributed by atoms with E-state index in [0.29, 0.717) is 12.0 Å². The topological polar surface area (TPSA) is 79.2 Å². The number of hydrogen-bond donors (Lipinski definition) is 3. The SMILES string of the molecule is COc1ccc([C@H](O)CC(=C=CC[C@@H](O)c2cc(Br)ccc2O)CO[Si](c2ccccc2)(c2ccccc2)C(C)(C)C)cc1. The Morgan fingerprint density at radius 2 is 1.45 bits per heavy atom. The summed E-state index contributed by atoms with van der Waals surface area (Å²) in [6.07, 6.45) is 0.560. The third-order valence-electron chi connectivity index (χ3n) is 7.82. The van der Waals surface area contributed by atoms with Crippen LogP contribution in [0.5, 0.6) is 11.5 Å². The van der Waals surface area contributed by atoms with Gasteiger partial charge in [-0.2, -0.15) is 0 Å². The molecule has 0 aliphatic rings. The van der Waals surface area contributed by atoms with Gasteiger partial charge in [0.05, 0.1) is 25.9 Å². The molecule has 2 atom stereocenters. The van der Waals surface area contributed by atoms with Gasteiger partial charge in [-0.05, 0) is 63.0 Å². The third kappa shape index (κ3) is 7.99. The van der Waals surface area contributed by atoms with E-state index < -0.39 is 20.5 Å².